The monoisotopic (exact) mass is 313 g/mol. The van der Waals surface area contributed by atoms with Crippen LogP contribution in [0.5, 0.6) is 11.5 Å². The van der Waals surface area contributed by atoms with E-state index in [1.165, 1.54) is 49.6 Å². The number of rotatable bonds is 4. The van der Waals surface area contributed by atoms with Gasteiger partial charge in [0.2, 0.25) is 0 Å². The highest BCUT2D eigenvalue weighted by atomic mass is 35.5. The van der Waals surface area contributed by atoms with Crippen molar-refractivity contribution >= 4 is 27.3 Å². The third-order valence-electron chi connectivity index (χ3n) is 2.56. The molecule has 0 aromatic heterocycles. The minimum Gasteiger partial charge on any atom is -0.504 e. The van der Waals surface area contributed by atoms with Crippen molar-refractivity contribution in [2.45, 2.75) is 4.90 Å². The summed E-state index contributed by atoms with van der Waals surface area (Å²) in [7, 11) is -2.33. The summed E-state index contributed by atoms with van der Waals surface area (Å²) in [6.45, 7) is 0. The van der Waals surface area contributed by atoms with Crippen molar-refractivity contribution in [3.63, 3.8) is 0 Å². The topological polar surface area (TPSA) is 75.6 Å². The molecule has 0 atom stereocenters. The van der Waals surface area contributed by atoms with Gasteiger partial charge < -0.3 is 9.84 Å². The fourth-order valence-corrected chi connectivity index (χ4v) is 2.74. The van der Waals surface area contributed by atoms with E-state index in [-0.39, 0.29) is 22.1 Å². The number of phenols is 1. The number of methoxy groups -OCH3 is 1. The molecule has 0 aliphatic heterocycles. The molecule has 0 saturated heterocycles. The van der Waals surface area contributed by atoms with E-state index in [0.717, 1.165) is 0 Å². The Morgan fingerprint density at radius 2 is 1.80 bits per heavy atom. The molecule has 2 rings (SSSR count). The van der Waals surface area contributed by atoms with Gasteiger partial charge in [0.25, 0.3) is 10.0 Å². The molecule has 0 heterocycles. The van der Waals surface area contributed by atoms with Crippen LogP contribution in [0.3, 0.4) is 0 Å². The highest BCUT2D eigenvalue weighted by Gasteiger charge is 2.15. The highest BCUT2D eigenvalue weighted by Crippen LogP contribution is 2.29. The number of hydrogen-bond donors (Lipinski definition) is 2. The van der Waals surface area contributed by atoms with Crippen molar-refractivity contribution in [2.24, 2.45) is 0 Å². The molecule has 2 N–H and O–H groups in total. The van der Waals surface area contributed by atoms with Gasteiger partial charge in [-0.1, -0.05) is 11.6 Å². The third kappa shape index (κ3) is 3.15. The van der Waals surface area contributed by atoms with Crippen molar-refractivity contribution in [2.75, 3.05) is 11.8 Å². The number of sulfonamides is 1. The largest absolute Gasteiger partial charge is 0.504 e. The average Bonchev–Trinajstić information content (AvgIpc) is 2.41. The van der Waals surface area contributed by atoms with E-state index >= 15 is 0 Å². The number of hydrogen-bond acceptors (Lipinski definition) is 4. The summed E-state index contributed by atoms with van der Waals surface area (Å²) in [5.41, 5.74) is 0.287. The van der Waals surface area contributed by atoms with Crippen LogP contribution in [-0.2, 0) is 10.0 Å². The lowest BCUT2D eigenvalue weighted by molar-refractivity contribution is 0.374. The standard InChI is InChI=1S/C13H12ClNO4S/c1-19-13-8-10(4-7-12(13)16)15-20(17,18)11-5-2-9(14)3-6-11/h2-8,15-16H,1H3. The summed E-state index contributed by atoms with van der Waals surface area (Å²) < 4.78 is 31.6. The molecule has 0 unspecified atom stereocenters. The summed E-state index contributed by atoms with van der Waals surface area (Å²) >= 11 is 5.72. The maximum Gasteiger partial charge on any atom is 0.261 e. The molecule has 7 heteroatoms. The first kappa shape index (κ1) is 14.5. The minimum atomic E-state index is -3.71. The zero-order chi connectivity index (χ0) is 14.8. The van der Waals surface area contributed by atoms with E-state index < -0.39 is 10.0 Å². The van der Waals surface area contributed by atoms with Crippen molar-refractivity contribution in [3.05, 3.63) is 47.5 Å². The lowest BCUT2D eigenvalue weighted by Gasteiger charge is -2.10. The number of aromatic hydroxyl groups is 1. The van der Waals surface area contributed by atoms with Crippen LogP contribution in [0.1, 0.15) is 0 Å². The molecular formula is C13H12ClNO4S. The second-order valence-electron chi connectivity index (χ2n) is 3.95. The van der Waals surface area contributed by atoms with E-state index in [2.05, 4.69) is 4.72 Å². The van der Waals surface area contributed by atoms with Crippen LogP contribution >= 0.6 is 11.6 Å². The fraction of sp³-hybridized carbons (Fsp3) is 0.0769. The summed E-state index contributed by atoms with van der Waals surface area (Å²) in [6, 6.07) is 9.97. The van der Waals surface area contributed by atoms with Gasteiger partial charge in [-0.05, 0) is 36.4 Å². The molecule has 106 valence electrons. The maximum absolute atomic E-state index is 12.1. The van der Waals surface area contributed by atoms with E-state index in [0.29, 0.717) is 5.02 Å². The van der Waals surface area contributed by atoms with Gasteiger partial charge >= 0.3 is 0 Å². The van der Waals surface area contributed by atoms with Gasteiger partial charge in [0, 0.05) is 11.1 Å². The maximum atomic E-state index is 12.1. The molecule has 0 bridgehead atoms. The molecule has 0 aliphatic rings. The molecule has 0 spiro atoms. The Bertz CT molecular complexity index is 714. The quantitative estimate of drug-likeness (QED) is 0.851. The Morgan fingerprint density at radius 1 is 1.15 bits per heavy atom. The van der Waals surface area contributed by atoms with Gasteiger partial charge in [-0.2, -0.15) is 0 Å². The van der Waals surface area contributed by atoms with E-state index in [1.807, 2.05) is 0 Å². The first-order valence-electron chi connectivity index (χ1n) is 5.58. The lowest BCUT2D eigenvalue weighted by atomic mass is 10.3. The Balaban J connectivity index is 2.30. The predicted octanol–water partition coefficient (Wildman–Crippen LogP) is 2.86. The normalized spacial score (nSPS) is 11.1. The van der Waals surface area contributed by atoms with Gasteiger partial charge in [0.1, 0.15) is 0 Å². The molecule has 2 aromatic rings. The van der Waals surface area contributed by atoms with Crippen LogP contribution in [-0.4, -0.2) is 20.6 Å². The molecule has 5 nitrogen and oxygen atoms in total. The summed E-state index contributed by atoms with van der Waals surface area (Å²) in [6.07, 6.45) is 0. The highest BCUT2D eigenvalue weighted by molar-refractivity contribution is 7.92. The van der Waals surface area contributed by atoms with Crippen LogP contribution in [0.15, 0.2) is 47.4 Å². The molecule has 0 amide bonds. The van der Waals surface area contributed by atoms with Gasteiger partial charge in [-0.3, -0.25) is 4.72 Å². The molecule has 2 aromatic carbocycles. The van der Waals surface area contributed by atoms with Crippen LogP contribution in [0.25, 0.3) is 0 Å². The lowest BCUT2D eigenvalue weighted by Crippen LogP contribution is -2.12. The second kappa shape index (κ2) is 5.60. The van der Waals surface area contributed by atoms with Gasteiger partial charge in [-0.25, -0.2) is 8.42 Å². The molecule has 0 fully saturated rings. The van der Waals surface area contributed by atoms with Gasteiger partial charge in [-0.15, -0.1) is 0 Å². The number of nitrogens with one attached hydrogen (secondary N) is 1. The first-order chi connectivity index (χ1) is 9.42. The van der Waals surface area contributed by atoms with Crippen LogP contribution in [0.2, 0.25) is 5.02 Å². The van der Waals surface area contributed by atoms with E-state index in [4.69, 9.17) is 16.3 Å². The average molecular weight is 314 g/mol. The van der Waals surface area contributed by atoms with Crippen molar-refractivity contribution in [3.8, 4) is 11.5 Å². The number of ether oxygens (including phenoxy) is 1. The SMILES string of the molecule is COc1cc(NS(=O)(=O)c2ccc(Cl)cc2)ccc1O. The Hall–Kier alpha value is -1.92. The van der Waals surface area contributed by atoms with Gasteiger partial charge in [0.15, 0.2) is 11.5 Å². The molecular weight excluding hydrogens is 302 g/mol. The molecule has 0 aliphatic carbocycles. The van der Waals surface area contributed by atoms with Gasteiger partial charge in [0.05, 0.1) is 17.7 Å². The number of halogens is 1. The number of phenolic OH excluding ortho intramolecular Hbond substituents is 1. The van der Waals surface area contributed by atoms with E-state index in [1.54, 1.807) is 0 Å². The molecule has 0 saturated carbocycles. The Kier molecular flexibility index (Phi) is 4.06. The van der Waals surface area contributed by atoms with Crippen LogP contribution in [0.4, 0.5) is 5.69 Å². The first-order valence-corrected chi connectivity index (χ1v) is 7.44. The Labute approximate surface area is 121 Å². The number of anilines is 1. The van der Waals surface area contributed by atoms with Crippen molar-refractivity contribution < 1.29 is 18.3 Å². The van der Waals surface area contributed by atoms with Crippen molar-refractivity contribution in [1.29, 1.82) is 0 Å². The summed E-state index contributed by atoms with van der Waals surface area (Å²) in [4.78, 5) is 0.0916. The second-order valence-corrected chi connectivity index (χ2v) is 6.06. The number of benzene rings is 2. The summed E-state index contributed by atoms with van der Waals surface area (Å²) in [5, 5.41) is 9.92. The minimum absolute atomic E-state index is 0.0676. The van der Waals surface area contributed by atoms with Crippen LogP contribution < -0.4 is 9.46 Å². The molecule has 20 heavy (non-hydrogen) atoms. The third-order valence-corrected chi connectivity index (χ3v) is 4.21. The smallest absolute Gasteiger partial charge is 0.261 e. The van der Waals surface area contributed by atoms with Crippen molar-refractivity contribution in [1.82, 2.24) is 0 Å². The Morgan fingerprint density at radius 3 is 2.40 bits per heavy atom. The zero-order valence-corrected chi connectivity index (χ0v) is 12.1. The van der Waals surface area contributed by atoms with Crippen LogP contribution in [0, 0.1) is 0 Å². The summed E-state index contributed by atoms with van der Waals surface area (Å²) in [5.74, 6) is 0.114. The molecule has 0 radical (unpaired) electrons. The fourth-order valence-electron chi connectivity index (χ4n) is 1.57. The zero-order valence-electron chi connectivity index (χ0n) is 10.5. The predicted molar refractivity (Wildman–Crippen MR) is 76.9 cm³/mol. The van der Waals surface area contributed by atoms with E-state index in [9.17, 15) is 13.5 Å².